The largest absolute Gasteiger partial charge is 0.467 e. The molecule has 15 heteroatoms. The smallest absolute Gasteiger partial charge is 0.337 e. The molecule has 15 nitrogen and oxygen atoms in total. The van der Waals surface area contributed by atoms with Gasteiger partial charge in [0.1, 0.15) is 54.9 Å². The maximum atomic E-state index is 11.7. The van der Waals surface area contributed by atoms with Gasteiger partial charge in [0.25, 0.3) is 0 Å². The van der Waals surface area contributed by atoms with Crippen molar-refractivity contribution < 1.29 is 74.1 Å². The van der Waals surface area contributed by atoms with E-state index in [1.807, 2.05) is 0 Å². The SMILES string of the molecule is COC(=O)[C@H]1O[C@@H](O)[C@H](O[C@@H]2OC[C@@H](O)[C@H](O)[C@H]2O[C@@H]2O[C@@H](C)[C@H](O)[C@@H](O)[C@H]2O)[C@@H](O)[C@@H]1O. The molecule has 14 atom stereocenters. The first-order valence-electron chi connectivity index (χ1n) is 10.2. The minimum Gasteiger partial charge on any atom is -0.467 e. The Hall–Kier alpha value is -1.05. The van der Waals surface area contributed by atoms with Crippen molar-refractivity contribution >= 4 is 5.97 Å². The molecule has 3 aliphatic heterocycles. The normalized spacial score (nSPS) is 51.2. The molecule has 0 aliphatic carbocycles. The van der Waals surface area contributed by atoms with Gasteiger partial charge >= 0.3 is 5.97 Å². The van der Waals surface area contributed by atoms with Gasteiger partial charge in [-0.2, -0.15) is 0 Å². The first-order valence-corrected chi connectivity index (χ1v) is 10.2. The Bertz CT molecular complexity index is 665. The molecule has 0 aromatic rings. The summed E-state index contributed by atoms with van der Waals surface area (Å²) in [4.78, 5) is 11.7. The summed E-state index contributed by atoms with van der Waals surface area (Å²) in [6, 6.07) is 0. The second-order valence-electron chi connectivity index (χ2n) is 8.09. The van der Waals surface area contributed by atoms with E-state index in [1.54, 1.807) is 0 Å². The molecule has 0 amide bonds. The first-order chi connectivity index (χ1) is 15.5. The van der Waals surface area contributed by atoms with Crippen molar-refractivity contribution in [3.63, 3.8) is 0 Å². The lowest BCUT2D eigenvalue weighted by molar-refractivity contribution is -0.377. The Kier molecular flexibility index (Phi) is 8.61. The zero-order chi connectivity index (χ0) is 24.6. The monoisotopic (exact) mass is 486 g/mol. The highest BCUT2D eigenvalue weighted by Gasteiger charge is 2.52. The summed E-state index contributed by atoms with van der Waals surface area (Å²) in [6.07, 6.45) is -22.8. The van der Waals surface area contributed by atoms with Crippen LogP contribution in [0.15, 0.2) is 0 Å². The molecule has 3 rings (SSSR count). The Morgan fingerprint density at radius 3 is 2.03 bits per heavy atom. The topological polar surface area (TPSA) is 234 Å². The van der Waals surface area contributed by atoms with E-state index in [1.165, 1.54) is 6.92 Å². The molecule has 0 aromatic carbocycles. The fraction of sp³-hybridized carbons (Fsp3) is 0.944. The van der Waals surface area contributed by atoms with Gasteiger partial charge in [0.05, 0.1) is 19.8 Å². The van der Waals surface area contributed by atoms with E-state index in [2.05, 4.69) is 4.74 Å². The number of aliphatic hydroxyl groups is 8. The summed E-state index contributed by atoms with van der Waals surface area (Å²) in [6.45, 7) is 0.947. The highest BCUT2D eigenvalue weighted by atomic mass is 16.8. The number of esters is 1. The van der Waals surface area contributed by atoms with Gasteiger partial charge in [-0.1, -0.05) is 0 Å². The van der Waals surface area contributed by atoms with E-state index in [-0.39, 0.29) is 0 Å². The molecule has 0 bridgehead atoms. The van der Waals surface area contributed by atoms with Gasteiger partial charge in [0.2, 0.25) is 0 Å². The van der Waals surface area contributed by atoms with Gasteiger partial charge in [-0.15, -0.1) is 0 Å². The van der Waals surface area contributed by atoms with Crippen LogP contribution in [0, 0.1) is 0 Å². The Morgan fingerprint density at radius 2 is 1.39 bits per heavy atom. The summed E-state index contributed by atoms with van der Waals surface area (Å²) in [5.74, 6) is -1.05. The van der Waals surface area contributed by atoms with Gasteiger partial charge in [0, 0.05) is 0 Å². The molecule has 3 aliphatic rings. The quantitative estimate of drug-likeness (QED) is 0.169. The molecule has 8 N–H and O–H groups in total. The molecule has 3 heterocycles. The molecule has 0 radical (unpaired) electrons. The van der Waals surface area contributed by atoms with E-state index in [9.17, 15) is 45.6 Å². The molecule has 33 heavy (non-hydrogen) atoms. The number of carbonyl (C=O) groups excluding carboxylic acids is 1. The molecule has 0 spiro atoms. The van der Waals surface area contributed by atoms with Gasteiger partial charge in [-0.05, 0) is 6.92 Å². The van der Waals surface area contributed by atoms with Gasteiger partial charge in [-0.25, -0.2) is 4.79 Å². The average molecular weight is 486 g/mol. The van der Waals surface area contributed by atoms with Crippen LogP contribution in [-0.2, 0) is 33.2 Å². The minimum absolute atomic E-state index is 0.454. The van der Waals surface area contributed by atoms with Crippen molar-refractivity contribution in [2.45, 2.75) is 92.9 Å². The van der Waals surface area contributed by atoms with Crippen molar-refractivity contribution in [1.29, 1.82) is 0 Å². The fourth-order valence-corrected chi connectivity index (χ4v) is 3.77. The van der Waals surface area contributed by atoms with Crippen molar-refractivity contribution in [2.75, 3.05) is 13.7 Å². The van der Waals surface area contributed by atoms with Gasteiger partial charge in [0.15, 0.2) is 25.0 Å². The molecule has 0 unspecified atom stereocenters. The maximum Gasteiger partial charge on any atom is 0.337 e. The van der Waals surface area contributed by atoms with Crippen LogP contribution in [0.25, 0.3) is 0 Å². The third-order valence-corrected chi connectivity index (χ3v) is 5.82. The van der Waals surface area contributed by atoms with E-state index in [4.69, 9.17) is 23.7 Å². The van der Waals surface area contributed by atoms with Crippen LogP contribution >= 0.6 is 0 Å². The number of rotatable bonds is 5. The Morgan fingerprint density at radius 1 is 0.758 bits per heavy atom. The number of methoxy groups -OCH3 is 1. The summed E-state index contributed by atoms with van der Waals surface area (Å²) >= 11 is 0. The molecular weight excluding hydrogens is 456 g/mol. The third-order valence-electron chi connectivity index (χ3n) is 5.82. The molecular formula is C18H30O15. The van der Waals surface area contributed by atoms with Gasteiger partial charge < -0.3 is 69.3 Å². The first kappa shape index (κ1) is 26.6. The van der Waals surface area contributed by atoms with Crippen molar-refractivity contribution in [3.8, 4) is 0 Å². The van der Waals surface area contributed by atoms with Crippen LogP contribution in [0.1, 0.15) is 6.92 Å². The van der Waals surface area contributed by atoms with Crippen LogP contribution in [0.2, 0.25) is 0 Å². The van der Waals surface area contributed by atoms with E-state index in [0.29, 0.717) is 0 Å². The number of carbonyl (C=O) groups is 1. The van der Waals surface area contributed by atoms with E-state index >= 15 is 0 Å². The van der Waals surface area contributed by atoms with Gasteiger partial charge in [-0.3, -0.25) is 0 Å². The second-order valence-corrected chi connectivity index (χ2v) is 8.09. The van der Waals surface area contributed by atoms with Crippen molar-refractivity contribution in [1.82, 2.24) is 0 Å². The van der Waals surface area contributed by atoms with E-state index in [0.717, 1.165) is 7.11 Å². The van der Waals surface area contributed by atoms with E-state index < -0.39 is 98.6 Å². The van der Waals surface area contributed by atoms with Crippen LogP contribution in [0.3, 0.4) is 0 Å². The lowest BCUT2D eigenvalue weighted by Crippen LogP contribution is -2.65. The summed E-state index contributed by atoms with van der Waals surface area (Å²) in [5.41, 5.74) is 0. The Balaban J connectivity index is 1.75. The zero-order valence-corrected chi connectivity index (χ0v) is 17.7. The predicted molar refractivity (Wildman–Crippen MR) is 98.8 cm³/mol. The molecule has 0 aromatic heterocycles. The zero-order valence-electron chi connectivity index (χ0n) is 17.7. The third kappa shape index (κ3) is 5.30. The summed E-state index contributed by atoms with van der Waals surface area (Å²) < 4.78 is 31.0. The van der Waals surface area contributed by atoms with Crippen LogP contribution < -0.4 is 0 Å². The number of aliphatic hydroxyl groups excluding tert-OH is 8. The highest BCUT2D eigenvalue weighted by Crippen LogP contribution is 2.31. The lowest BCUT2D eigenvalue weighted by Gasteiger charge is -2.46. The number of hydrogen-bond acceptors (Lipinski definition) is 15. The molecule has 3 saturated heterocycles. The lowest BCUT2D eigenvalue weighted by atomic mass is 9.98. The Labute approximate surface area is 187 Å². The van der Waals surface area contributed by atoms with Crippen LogP contribution in [-0.4, -0.2) is 147 Å². The maximum absolute atomic E-state index is 11.7. The number of ether oxygens (including phenoxy) is 6. The summed E-state index contributed by atoms with van der Waals surface area (Å²) in [7, 11) is 1.02. The standard InChI is InChI=1S/C18H30O15/c1-4-6(20)8(22)11(25)17(30-4)33-14-7(21)5(19)3-29-18(14)32-13-10(24)9(23)12(15(26)28-2)31-16(13)27/h4-14,16-25,27H,3H2,1-2H3/t4-,5+,6-,7-,8+,9-,10-,11+,12-,13+,14+,16+,17-,18-/m0/s1. The minimum atomic E-state index is -1.95. The highest BCUT2D eigenvalue weighted by molar-refractivity contribution is 5.75. The fourth-order valence-electron chi connectivity index (χ4n) is 3.77. The molecule has 0 saturated carbocycles. The number of hydrogen-bond donors (Lipinski definition) is 8. The molecule has 192 valence electrons. The molecule has 3 fully saturated rings. The van der Waals surface area contributed by atoms with Crippen molar-refractivity contribution in [3.05, 3.63) is 0 Å². The van der Waals surface area contributed by atoms with Crippen molar-refractivity contribution in [2.24, 2.45) is 0 Å². The van der Waals surface area contributed by atoms with Crippen LogP contribution in [0.4, 0.5) is 0 Å². The average Bonchev–Trinajstić information content (AvgIpc) is 2.79. The van der Waals surface area contributed by atoms with Crippen LogP contribution in [0.5, 0.6) is 0 Å². The summed E-state index contributed by atoms with van der Waals surface area (Å²) in [5, 5.41) is 81.1. The second kappa shape index (κ2) is 10.7. The predicted octanol–water partition coefficient (Wildman–Crippen LogP) is -5.73.